The first kappa shape index (κ1) is 33.2. The molecule has 8 aromatic rings. The van der Waals surface area contributed by atoms with Gasteiger partial charge in [0.1, 0.15) is 11.2 Å². The quantitative estimate of drug-likeness (QED) is 0.142. The summed E-state index contributed by atoms with van der Waals surface area (Å²) in [6, 6.07) is 43.7. The maximum Gasteiger partial charge on any atom is 0.164 e. The minimum atomic E-state index is 0.595. The van der Waals surface area contributed by atoms with E-state index >= 15 is 0 Å². The van der Waals surface area contributed by atoms with Gasteiger partial charge in [-0.3, -0.25) is 0 Å². The third-order valence-electron chi connectivity index (χ3n) is 9.39. The molecule has 0 unspecified atom stereocenters. The van der Waals surface area contributed by atoms with Gasteiger partial charge in [0.15, 0.2) is 17.5 Å². The number of allylic oxidation sites excluding steroid dienone is 6. The zero-order chi connectivity index (χ0) is 36.0. The van der Waals surface area contributed by atoms with Crippen LogP contribution in [0.3, 0.4) is 0 Å². The molecule has 2 aromatic heterocycles. The lowest BCUT2D eigenvalue weighted by atomic mass is 9.97. The van der Waals surface area contributed by atoms with Gasteiger partial charge in [0.05, 0.1) is 0 Å². The highest BCUT2D eigenvalue weighted by Crippen LogP contribution is 2.38. The first-order valence-electron chi connectivity index (χ1n) is 17.8. The second-order valence-electron chi connectivity index (χ2n) is 12.7. The summed E-state index contributed by atoms with van der Waals surface area (Å²) in [5.41, 5.74) is 6.66. The van der Waals surface area contributed by atoms with Gasteiger partial charge in [0.2, 0.25) is 0 Å². The van der Waals surface area contributed by atoms with Gasteiger partial charge in [-0.25, -0.2) is 15.0 Å². The van der Waals surface area contributed by atoms with Crippen molar-refractivity contribution < 1.29 is 4.42 Å². The Bertz CT molecular complexity index is 2840. The van der Waals surface area contributed by atoms with Crippen molar-refractivity contribution in [3.8, 4) is 34.2 Å². The maximum atomic E-state index is 6.48. The Kier molecular flexibility index (Phi) is 9.50. The van der Waals surface area contributed by atoms with E-state index in [0.29, 0.717) is 17.5 Å². The lowest BCUT2D eigenvalue weighted by Gasteiger charge is -2.12. The molecular weight excluding hydrogens is 647 g/mol. The van der Waals surface area contributed by atoms with Crippen molar-refractivity contribution in [1.29, 1.82) is 0 Å². The van der Waals surface area contributed by atoms with Crippen molar-refractivity contribution in [1.82, 2.24) is 15.0 Å². The van der Waals surface area contributed by atoms with E-state index in [1.54, 1.807) is 6.08 Å². The highest BCUT2D eigenvalue weighted by molar-refractivity contribution is 6.12. The number of rotatable bonds is 9. The molecule has 6 aromatic carbocycles. The van der Waals surface area contributed by atoms with Crippen LogP contribution in [0.1, 0.15) is 18.1 Å². The molecule has 0 spiro atoms. The normalized spacial score (nSPS) is 12.8. The van der Waals surface area contributed by atoms with Gasteiger partial charge in [0, 0.05) is 27.5 Å². The second-order valence-corrected chi connectivity index (χ2v) is 12.7. The van der Waals surface area contributed by atoms with Crippen molar-refractivity contribution in [2.24, 2.45) is 0 Å². The summed E-state index contributed by atoms with van der Waals surface area (Å²) >= 11 is 0. The molecule has 0 aliphatic rings. The molecule has 0 amide bonds. The molecule has 4 heteroatoms. The predicted octanol–water partition coefficient (Wildman–Crippen LogP) is 11.1. The smallest absolute Gasteiger partial charge is 0.164 e. The molecule has 0 aliphatic heterocycles. The molecule has 0 fully saturated rings. The summed E-state index contributed by atoms with van der Waals surface area (Å²) in [6.45, 7) is 5.81. The molecule has 8 rings (SSSR count). The summed E-state index contributed by atoms with van der Waals surface area (Å²) in [7, 11) is 0. The van der Waals surface area contributed by atoms with E-state index in [0.717, 1.165) is 56.0 Å². The fraction of sp³-hybridized carbons (Fsp3) is 0.0408. The van der Waals surface area contributed by atoms with Gasteiger partial charge in [-0.15, -0.1) is 0 Å². The van der Waals surface area contributed by atoms with E-state index in [1.807, 2.05) is 54.6 Å². The van der Waals surface area contributed by atoms with E-state index in [1.165, 1.54) is 21.4 Å². The Morgan fingerprint density at radius 1 is 0.585 bits per heavy atom. The Morgan fingerprint density at radius 3 is 2.17 bits per heavy atom. The molecule has 0 saturated heterocycles. The second kappa shape index (κ2) is 15.1. The number of benzene rings is 6. The number of hydrogen-bond acceptors (Lipinski definition) is 4. The number of fused-ring (bicyclic) bond motifs is 4. The zero-order valence-corrected chi connectivity index (χ0v) is 29.5. The molecule has 0 radical (unpaired) electrons. The number of furan rings is 1. The SMILES string of the molecule is C=C/C=C\C=C/Cc1ccc(-c2nc(-c3ccccc3)nc(-c3cccc4oc5cc(/C=C/C=c6/cccc/c6=C/C)ccc5c34)n2)c2ccccc12. The molecule has 254 valence electrons. The molecule has 2 heterocycles. The fourth-order valence-corrected chi connectivity index (χ4v) is 6.80. The van der Waals surface area contributed by atoms with Crippen LogP contribution in [-0.4, -0.2) is 15.0 Å². The molecule has 53 heavy (non-hydrogen) atoms. The van der Waals surface area contributed by atoms with Crippen LogP contribution in [-0.2, 0) is 6.42 Å². The van der Waals surface area contributed by atoms with E-state index in [9.17, 15) is 0 Å². The average Bonchev–Trinajstić information content (AvgIpc) is 3.59. The van der Waals surface area contributed by atoms with Gasteiger partial charge < -0.3 is 4.42 Å². The van der Waals surface area contributed by atoms with Crippen molar-refractivity contribution in [3.63, 3.8) is 0 Å². The Hall–Kier alpha value is -6.91. The standard InChI is InChI=1S/C49H37N3O/c1-3-5-6-7-9-21-37-30-32-41(40-26-15-14-25-39(37)40)48-50-47(38-22-10-8-11-23-38)51-49(52-48)43-27-17-28-44-46(43)42-31-29-34(33-45(42)53-44)18-16-24-36-20-13-12-19-35(36)4-2/h3-20,22-33H,1,21H2,2H3/b6-5-,9-7-,18-16+,35-4-,36-24-. The first-order chi connectivity index (χ1) is 26.2. The maximum absolute atomic E-state index is 6.48. The molecule has 0 N–H and O–H groups in total. The number of hydrogen-bond donors (Lipinski definition) is 0. The van der Waals surface area contributed by atoms with Gasteiger partial charge >= 0.3 is 0 Å². The van der Waals surface area contributed by atoms with Crippen molar-refractivity contribution in [3.05, 3.63) is 192 Å². The Labute approximate surface area is 308 Å². The van der Waals surface area contributed by atoms with Crippen molar-refractivity contribution >= 4 is 50.9 Å². The fourth-order valence-electron chi connectivity index (χ4n) is 6.80. The number of aromatic nitrogens is 3. The third kappa shape index (κ3) is 6.91. The molecule has 0 saturated carbocycles. The molecule has 4 nitrogen and oxygen atoms in total. The van der Waals surface area contributed by atoms with E-state index < -0.39 is 0 Å². The van der Waals surface area contributed by atoms with Crippen molar-refractivity contribution in [2.75, 3.05) is 0 Å². The molecule has 0 atom stereocenters. The molecular formula is C49H37N3O. The minimum Gasteiger partial charge on any atom is -0.456 e. The van der Waals surface area contributed by atoms with Gasteiger partial charge in [0.25, 0.3) is 0 Å². The summed E-state index contributed by atoms with van der Waals surface area (Å²) < 4.78 is 6.48. The van der Waals surface area contributed by atoms with E-state index in [-0.39, 0.29) is 0 Å². The topological polar surface area (TPSA) is 51.8 Å². The van der Waals surface area contributed by atoms with Crippen LogP contribution < -0.4 is 10.4 Å². The first-order valence-corrected chi connectivity index (χ1v) is 17.8. The van der Waals surface area contributed by atoms with Crippen molar-refractivity contribution in [2.45, 2.75) is 13.3 Å². The van der Waals surface area contributed by atoms with Crippen LogP contribution in [0.4, 0.5) is 0 Å². The lowest BCUT2D eigenvalue weighted by Crippen LogP contribution is -2.22. The van der Waals surface area contributed by atoms with Gasteiger partial charge in [-0.2, -0.15) is 0 Å². The summed E-state index contributed by atoms with van der Waals surface area (Å²) in [5, 5.41) is 6.64. The summed E-state index contributed by atoms with van der Waals surface area (Å²) in [6.07, 6.45) is 19.2. The van der Waals surface area contributed by atoms with Crippen LogP contribution in [0.25, 0.3) is 85.1 Å². The van der Waals surface area contributed by atoms with Crippen LogP contribution in [0.5, 0.6) is 0 Å². The summed E-state index contributed by atoms with van der Waals surface area (Å²) in [4.78, 5) is 15.4. The number of nitrogens with zero attached hydrogens (tertiary/aromatic N) is 3. The molecule has 0 bridgehead atoms. The molecule has 0 aliphatic carbocycles. The largest absolute Gasteiger partial charge is 0.456 e. The van der Waals surface area contributed by atoms with Crippen LogP contribution in [0.2, 0.25) is 0 Å². The third-order valence-corrected chi connectivity index (χ3v) is 9.39. The van der Waals surface area contributed by atoms with E-state index in [2.05, 4.69) is 135 Å². The van der Waals surface area contributed by atoms with Crippen LogP contribution in [0.15, 0.2) is 175 Å². The zero-order valence-electron chi connectivity index (χ0n) is 29.5. The Morgan fingerprint density at radius 2 is 1.34 bits per heavy atom. The lowest BCUT2D eigenvalue weighted by molar-refractivity contribution is 0.669. The van der Waals surface area contributed by atoms with Crippen LogP contribution >= 0.6 is 0 Å². The highest BCUT2D eigenvalue weighted by Gasteiger charge is 2.19. The highest BCUT2D eigenvalue weighted by atomic mass is 16.3. The predicted molar refractivity (Wildman–Crippen MR) is 222 cm³/mol. The Balaban J connectivity index is 1.25. The van der Waals surface area contributed by atoms with Gasteiger partial charge in [-0.1, -0.05) is 170 Å². The average molecular weight is 684 g/mol. The van der Waals surface area contributed by atoms with E-state index in [4.69, 9.17) is 19.4 Å². The monoisotopic (exact) mass is 683 g/mol. The minimum absolute atomic E-state index is 0.595. The van der Waals surface area contributed by atoms with Gasteiger partial charge in [-0.05, 0) is 63.9 Å². The van der Waals surface area contributed by atoms with Crippen LogP contribution in [0, 0.1) is 0 Å². The summed E-state index contributed by atoms with van der Waals surface area (Å²) in [5.74, 6) is 1.83.